The number of ether oxygens (including phenoxy) is 2. The number of hydrogen-bond donors (Lipinski definition) is 1. The summed E-state index contributed by atoms with van der Waals surface area (Å²) in [6, 6.07) is 9.41. The van der Waals surface area contributed by atoms with Crippen LogP contribution in [0.1, 0.15) is 31.4 Å². The summed E-state index contributed by atoms with van der Waals surface area (Å²) in [7, 11) is 4.23. The van der Waals surface area contributed by atoms with Gasteiger partial charge in [-0.05, 0) is 44.1 Å². The molecule has 1 aliphatic heterocycles. The predicted molar refractivity (Wildman–Crippen MR) is 108 cm³/mol. The standard InChI is InChI=1S/C22H33N3O2/c1-5-15(2)21(25(3)4)14-26-9-8-16-6-7-20(17(10-16)11-23)24-22-18-12-27-13-19(18)22/h6-7,10,15,18-19,21-22,24H,5,8-9,12-14H2,1-4H3/t15?,18?,19?,21-,22?/m0/s1. The first kappa shape index (κ1) is 20.1. The summed E-state index contributed by atoms with van der Waals surface area (Å²) in [5, 5.41) is 13.1. The molecule has 27 heavy (non-hydrogen) atoms. The van der Waals surface area contributed by atoms with E-state index in [1.807, 2.05) is 12.1 Å². The van der Waals surface area contributed by atoms with Crippen molar-refractivity contribution in [2.24, 2.45) is 17.8 Å². The van der Waals surface area contributed by atoms with E-state index < -0.39 is 0 Å². The number of rotatable bonds is 10. The summed E-state index contributed by atoms with van der Waals surface area (Å²) in [6.45, 7) is 7.64. The highest BCUT2D eigenvalue weighted by Crippen LogP contribution is 2.46. The lowest BCUT2D eigenvalue weighted by Gasteiger charge is -2.29. The second-order valence-corrected chi connectivity index (χ2v) is 8.27. The van der Waals surface area contributed by atoms with Crippen molar-refractivity contribution >= 4 is 5.69 Å². The fourth-order valence-corrected chi connectivity index (χ4v) is 4.09. The Labute approximate surface area is 163 Å². The van der Waals surface area contributed by atoms with E-state index in [4.69, 9.17) is 9.47 Å². The van der Waals surface area contributed by atoms with Gasteiger partial charge in [-0.25, -0.2) is 0 Å². The molecule has 1 aliphatic carbocycles. The van der Waals surface area contributed by atoms with Crippen molar-refractivity contribution in [3.63, 3.8) is 0 Å². The van der Waals surface area contributed by atoms with Gasteiger partial charge in [-0.2, -0.15) is 5.26 Å². The SMILES string of the molecule is CCC(C)[C@H](COCCc1ccc(NC2C3COCC32)c(C#N)c1)N(C)C. The zero-order valence-electron chi connectivity index (χ0n) is 17.1. The summed E-state index contributed by atoms with van der Waals surface area (Å²) in [5.41, 5.74) is 2.83. The third kappa shape index (κ3) is 4.82. The van der Waals surface area contributed by atoms with Crippen LogP contribution in [0.25, 0.3) is 0 Å². The number of likely N-dealkylation sites (N-methyl/N-ethyl adjacent to an activating group) is 1. The van der Waals surface area contributed by atoms with Crippen LogP contribution in [0.15, 0.2) is 18.2 Å². The molecule has 5 nitrogen and oxygen atoms in total. The monoisotopic (exact) mass is 371 g/mol. The molecule has 1 N–H and O–H groups in total. The Bertz CT molecular complexity index is 660. The summed E-state index contributed by atoms with van der Waals surface area (Å²) in [4.78, 5) is 2.25. The molecule has 1 aromatic rings. The van der Waals surface area contributed by atoms with Crippen molar-refractivity contribution in [2.75, 3.05) is 45.8 Å². The number of benzene rings is 1. The Kier molecular flexibility index (Phi) is 6.75. The van der Waals surface area contributed by atoms with Crippen LogP contribution >= 0.6 is 0 Å². The van der Waals surface area contributed by atoms with Crippen LogP contribution in [0.4, 0.5) is 5.69 Å². The maximum Gasteiger partial charge on any atom is 0.101 e. The van der Waals surface area contributed by atoms with E-state index in [1.165, 1.54) is 0 Å². The van der Waals surface area contributed by atoms with E-state index >= 15 is 0 Å². The third-order valence-corrected chi connectivity index (χ3v) is 6.27. The first-order valence-electron chi connectivity index (χ1n) is 10.2. The van der Waals surface area contributed by atoms with Gasteiger partial charge in [0.1, 0.15) is 6.07 Å². The Morgan fingerprint density at radius 1 is 1.33 bits per heavy atom. The highest BCUT2D eigenvalue weighted by molar-refractivity contribution is 5.60. The van der Waals surface area contributed by atoms with Gasteiger partial charge in [0.15, 0.2) is 0 Å². The number of nitrogens with one attached hydrogen (secondary N) is 1. The zero-order valence-corrected chi connectivity index (χ0v) is 17.1. The Morgan fingerprint density at radius 3 is 2.70 bits per heavy atom. The smallest absolute Gasteiger partial charge is 0.101 e. The summed E-state index contributed by atoms with van der Waals surface area (Å²) >= 11 is 0. The van der Waals surface area contributed by atoms with Gasteiger partial charge in [-0.15, -0.1) is 0 Å². The first-order valence-corrected chi connectivity index (χ1v) is 10.2. The lowest BCUT2D eigenvalue weighted by molar-refractivity contribution is 0.0577. The minimum atomic E-state index is 0.443. The largest absolute Gasteiger partial charge is 0.381 e. The van der Waals surface area contributed by atoms with Gasteiger partial charge in [0.05, 0.1) is 37.7 Å². The van der Waals surface area contributed by atoms with Crippen LogP contribution in [0.5, 0.6) is 0 Å². The molecule has 1 saturated carbocycles. The number of hydrogen-bond acceptors (Lipinski definition) is 5. The maximum atomic E-state index is 9.52. The second kappa shape index (κ2) is 9.05. The molecule has 0 spiro atoms. The van der Waals surface area contributed by atoms with Crippen LogP contribution < -0.4 is 5.32 Å². The van der Waals surface area contributed by atoms with Crippen molar-refractivity contribution in [1.82, 2.24) is 4.90 Å². The van der Waals surface area contributed by atoms with Gasteiger partial charge in [0.2, 0.25) is 0 Å². The number of nitriles is 1. The third-order valence-electron chi connectivity index (χ3n) is 6.27. The molecule has 5 heteroatoms. The highest BCUT2D eigenvalue weighted by Gasteiger charge is 2.54. The lowest BCUT2D eigenvalue weighted by Crippen LogP contribution is -2.38. The van der Waals surface area contributed by atoms with Gasteiger partial charge >= 0.3 is 0 Å². The molecule has 2 aliphatic rings. The van der Waals surface area contributed by atoms with Crippen molar-refractivity contribution < 1.29 is 9.47 Å². The zero-order chi connectivity index (χ0) is 19.4. The van der Waals surface area contributed by atoms with E-state index in [2.05, 4.69) is 50.3 Å². The summed E-state index contributed by atoms with van der Waals surface area (Å²) in [6.07, 6.45) is 1.99. The van der Waals surface area contributed by atoms with Crippen LogP contribution in [0.2, 0.25) is 0 Å². The Morgan fingerprint density at radius 2 is 2.07 bits per heavy atom. The molecule has 0 aromatic heterocycles. The molecule has 148 valence electrons. The molecule has 1 saturated heterocycles. The molecule has 2 fully saturated rings. The van der Waals surface area contributed by atoms with E-state index in [-0.39, 0.29) is 0 Å². The quantitative estimate of drug-likeness (QED) is 0.640. The Hall–Kier alpha value is -1.61. The first-order chi connectivity index (χ1) is 13.0. The van der Waals surface area contributed by atoms with E-state index in [1.54, 1.807) is 0 Å². The maximum absolute atomic E-state index is 9.52. The van der Waals surface area contributed by atoms with E-state index in [9.17, 15) is 5.26 Å². The average molecular weight is 372 g/mol. The molecule has 0 radical (unpaired) electrons. The van der Waals surface area contributed by atoms with Crippen molar-refractivity contribution in [3.05, 3.63) is 29.3 Å². The van der Waals surface area contributed by atoms with Crippen LogP contribution in [-0.2, 0) is 15.9 Å². The lowest BCUT2D eigenvalue weighted by atomic mass is 9.99. The van der Waals surface area contributed by atoms with Gasteiger partial charge in [0.25, 0.3) is 0 Å². The van der Waals surface area contributed by atoms with Crippen molar-refractivity contribution in [1.29, 1.82) is 5.26 Å². The predicted octanol–water partition coefficient (Wildman–Crippen LogP) is 3.15. The average Bonchev–Trinajstić information content (AvgIpc) is 3.08. The molecule has 1 heterocycles. The molecule has 3 rings (SSSR count). The van der Waals surface area contributed by atoms with E-state index in [0.717, 1.165) is 49.5 Å². The van der Waals surface area contributed by atoms with Gasteiger partial charge < -0.3 is 19.7 Å². The van der Waals surface area contributed by atoms with Gasteiger partial charge in [-0.1, -0.05) is 26.3 Å². The molecular formula is C22H33N3O2. The van der Waals surface area contributed by atoms with Crippen LogP contribution in [0, 0.1) is 29.1 Å². The number of fused-ring (bicyclic) bond motifs is 1. The molecule has 4 atom stereocenters. The topological polar surface area (TPSA) is 57.5 Å². The minimum Gasteiger partial charge on any atom is -0.381 e. The van der Waals surface area contributed by atoms with Gasteiger partial charge in [-0.3, -0.25) is 0 Å². The van der Waals surface area contributed by atoms with Crippen LogP contribution in [-0.4, -0.2) is 57.5 Å². The summed E-state index contributed by atoms with van der Waals surface area (Å²) < 4.78 is 11.4. The molecular weight excluding hydrogens is 338 g/mol. The fourth-order valence-electron chi connectivity index (χ4n) is 4.09. The minimum absolute atomic E-state index is 0.443. The fraction of sp³-hybridized carbons (Fsp3) is 0.682. The molecule has 0 amide bonds. The van der Waals surface area contributed by atoms with Gasteiger partial charge in [0, 0.05) is 23.9 Å². The number of nitrogens with zero attached hydrogens (tertiary/aromatic N) is 2. The Balaban J connectivity index is 1.48. The van der Waals surface area contributed by atoms with Crippen molar-refractivity contribution in [3.8, 4) is 6.07 Å². The molecule has 1 aromatic carbocycles. The highest BCUT2D eigenvalue weighted by atomic mass is 16.5. The summed E-state index contributed by atoms with van der Waals surface area (Å²) in [5.74, 6) is 1.86. The molecule has 3 unspecified atom stereocenters. The molecule has 0 bridgehead atoms. The normalized spacial score (nSPS) is 25.7. The van der Waals surface area contributed by atoms with Crippen LogP contribution in [0.3, 0.4) is 0 Å². The number of anilines is 1. The van der Waals surface area contributed by atoms with Crippen molar-refractivity contribution in [2.45, 2.75) is 38.8 Å². The second-order valence-electron chi connectivity index (χ2n) is 8.27. The van der Waals surface area contributed by atoms with E-state index in [0.29, 0.717) is 36.4 Å².